The van der Waals surface area contributed by atoms with Gasteiger partial charge in [-0.05, 0) is 55.3 Å². The zero-order valence-electron chi connectivity index (χ0n) is 15.9. The van der Waals surface area contributed by atoms with Gasteiger partial charge in [0.1, 0.15) is 5.75 Å². The molecule has 4 rings (SSSR count). The SMILES string of the molecule is COc1ccc2nc(NC(=O)C3CCN(C(=O)c4ccc(Cl)cc4)CC3)sc2c1. The number of piperidine rings is 1. The Morgan fingerprint density at radius 2 is 1.90 bits per heavy atom. The Morgan fingerprint density at radius 3 is 2.59 bits per heavy atom. The average molecular weight is 430 g/mol. The summed E-state index contributed by atoms with van der Waals surface area (Å²) in [6.45, 7) is 1.10. The van der Waals surface area contributed by atoms with Crippen molar-refractivity contribution < 1.29 is 14.3 Å². The van der Waals surface area contributed by atoms with Gasteiger partial charge in [0, 0.05) is 29.6 Å². The summed E-state index contributed by atoms with van der Waals surface area (Å²) in [4.78, 5) is 31.5. The van der Waals surface area contributed by atoms with Crippen LogP contribution in [0.25, 0.3) is 10.2 Å². The highest BCUT2D eigenvalue weighted by Gasteiger charge is 2.28. The lowest BCUT2D eigenvalue weighted by Crippen LogP contribution is -2.41. The van der Waals surface area contributed by atoms with E-state index in [1.54, 1.807) is 36.3 Å². The number of hydrogen-bond acceptors (Lipinski definition) is 5. The van der Waals surface area contributed by atoms with E-state index in [0.717, 1.165) is 16.0 Å². The monoisotopic (exact) mass is 429 g/mol. The van der Waals surface area contributed by atoms with Gasteiger partial charge in [-0.2, -0.15) is 0 Å². The summed E-state index contributed by atoms with van der Waals surface area (Å²) >= 11 is 7.31. The molecule has 1 saturated heterocycles. The number of nitrogens with zero attached hydrogens (tertiary/aromatic N) is 2. The van der Waals surface area contributed by atoms with Gasteiger partial charge in [-0.25, -0.2) is 4.98 Å². The molecule has 0 atom stereocenters. The number of halogens is 1. The third kappa shape index (κ3) is 4.36. The van der Waals surface area contributed by atoms with Crippen LogP contribution < -0.4 is 10.1 Å². The number of amides is 2. The zero-order valence-corrected chi connectivity index (χ0v) is 17.4. The van der Waals surface area contributed by atoms with Crippen molar-refractivity contribution in [1.29, 1.82) is 0 Å². The van der Waals surface area contributed by atoms with E-state index < -0.39 is 0 Å². The molecule has 1 aliphatic heterocycles. The summed E-state index contributed by atoms with van der Waals surface area (Å²) in [5, 5.41) is 4.11. The van der Waals surface area contributed by atoms with Crippen molar-refractivity contribution in [2.75, 3.05) is 25.5 Å². The number of thiazole rings is 1. The summed E-state index contributed by atoms with van der Waals surface area (Å²) in [6.07, 6.45) is 1.26. The van der Waals surface area contributed by atoms with Crippen LogP contribution in [-0.2, 0) is 4.79 Å². The fourth-order valence-corrected chi connectivity index (χ4v) is 4.44. The third-order valence-corrected chi connectivity index (χ3v) is 6.26. The van der Waals surface area contributed by atoms with Crippen molar-refractivity contribution in [3.63, 3.8) is 0 Å². The second-order valence-corrected chi connectivity index (χ2v) is 8.38. The Morgan fingerprint density at radius 1 is 1.17 bits per heavy atom. The zero-order chi connectivity index (χ0) is 20.4. The standard InChI is InChI=1S/C21H20ClN3O3S/c1-28-16-6-7-17-18(12-16)29-21(23-17)24-19(26)13-8-10-25(11-9-13)20(27)14-2-4-15(22)5-3-14/h2-7,12-13H,8-11H2,1H3,(H,23,24,26). The van der Waals surface area contributed by atoms with Crippen LogP contribution in [0, 0.1) is 5.92 Å². The van der Waals surface area contributed by atoms with Gasteiger partial charge in [0.2, 0.25) is 5.91 Å². The molecule has 6 nitrogen and oxygen atoms in total. The highest BCUT2D eigenvalue weighted by molar-refractivity contribution is 7.22. The van der Waals surface area contributed by atoms with E-state index in [1.807, 2.05) is 18.2 Å². The van der Waals surface area contributed by atoms with Crippen LogP contribution in [0.3, 0.4) is 0 Å². The van der Waals surface area contributed by atoms with Crippen LogP contribution in [0.4, 0.5) is 5.13 Å². The predicted molar refractivity (Wildman–Crippen MR) is 115 cm³/mol. The molecule has 2 heterocycles. The van der Waals surface area contributed by atoms with Crippen LogP contribution in [0.2, 0.25) is 5.02 Å². The molecule has 0 saturated carbocycles. The number of anilines is 1. The maximum atomic E-state index is 12.7. The lowest BCUT2D eigenvalue weighted by molar-refractivity contribution is -0.121. The van der Waals surface area contributed by atoms with Crippen molar-refractivity contribution in [1.82, 2.24) is 9.88 Å². The first-order valence-electron chi connectivity index (χ1n) is 9.34. The summed E-state index contributed by atoms with van der Waals surface area (Å²) in [6, 6.07) is 12.5. The highest BCUT2D eigenvalue weighted by Crippen LogP contribution is 2.30. The van der Waals surface area contributed by atoms with Crippen molar-refractivity contribution in [2.24, 2.45) is 5.92 Å². The molecule has 8 heteroatoms. The molecule has 2 aromatic carbocycles. The third-order valence-electron chi connectivity index (χ3n) is 5.07. The van der Waals surface area contributed by atoms with Crippen LogP contribution in [0.15, 0.2) is 42.5 Å². The first kappa shape index (κ1) is 19.7. The number of nitrogens with one attached hydrogen (secondary N) is 1. The van der Waals surface area contributed by atoms with Gasteiger partial charge < -0.3 is 15.0 Å². The normalized spacial score (nSPS) is 14.8. The number of carbonyl (C=O) groups is 2. The molecular formula is C21H20ClN3O3S. The van der Waals surface area contributed by atoms with Crippen molar-refractivity contribution >= 4 is 50.1 Å². The first-order valence-corrected chi connectivity index (χ1v) is 10.5. The molecule has 0 spiro atoms. The summed E-state index contributed by atoms with van der Waals surface area (Å²) in [5.41, 5.74) is 1.44. The van der Waals surface area contributed by atoms with Crippen molar-refractivity contribution in [3.8, 4) is 5.75 Å². The van der Waals surface area contributed by atoms with Crippen molar-refractivity contribution in [3.05, 3.63) is 53.1 Å². The maximum absolute atomic E-state index is 12.7. The number of ether oxygens (including phenoxy) is 1. The van der Waals surface area contributed by atoms with Gasteiger partial charge in [0.25, 0.3) is 5.91 Å². The lowest BCUT2D eigenvalue weighted by atomic mass is 9.95. The van der Waals surface area contributed by atoms with Crippen LogP contribution >= 0.6 is 22.9 Å². The van der Waals surface area contributed by atoms with Crippen LogP contribution in [0.1, 0.15) is 23.2 Å². The molecule has 150 valence electrons. The minimum atomic E-state index is -0.134. The average Bonchev–Trinajstić information content (AvgIpc) is 3.15. The molecular weight excluding hydrogens is 410 g/mol. The Bertz CT molecular complexity index is 1040. The van der Waals surface area contributed by atoms with Gasteiger partial charge >= 0.3 is 0 Å². The van der Waals surface area contributed by atoms with Gasteiger partial charge in [-0.1, -0.05) is 22.9 Å². The molecule has 1 aliphatic rings. The molecule has 0 aliphatic carbocycles. The van der Waals surface area contributed by atoms with Crippen molar-refractivity contribution in [2.45, 2.75) is 12.8 Å². The summed E-state index contributed by atoms with van der Waals surface area (Å²) < 4.78 is 6.19. The molecule has 3 aromatic rings. The Balaban J connectivity index is 1.35. The Labute approximate surface area is 177 Å². The van der Waals surface area contributed by atoms with E-state index >= 15 is 0 Å². The van der Waals surface area contributed by atoms with Crippen LogP contribution in [-0.4, -0.2) is 41.9 Å². The van der Waals surface area contributed by atoms with E-state index in [-0.39, 0.29) is 17.7 Å². The first-order chi connectivity index (χ1) is 14.0. The van der Waals surface area contributed by atoms with E-state index in [9.17, 15) is 9.59 Å². The van der Waals surface area contributed by atoms with E-state index in [4.69, 9.17) is 16.3 Å². The minimum Gasteiger partial charge on any atom is -0.497 e. The number of fused-ring (bicyclic) bond motifs is 1. The van der Waals surface area contributed by atoms with Gasteiger partial charge in [0.05, 0.1) is 17.3 Å². The second kappa shape index (κ2) is 8.39. The number of benzene rings is 2. The fourth-order valence-electron chi connectivity index (χ4n) is 3.41. The smallest absolute Gasteiger partial charge is 0.253 e. The maximum Gasteiger partial charge on any atom is 0.253 e. The number of methoxy groups -OCH3 is 1. The number of hydrogen-bond donors (Lipinski definition) is 1. The number of likely N-dealkylation sites (tertiary alicyclic amines) is 1. The second-order valence-electron chi connectivity index (χ2n) is 6.92. The van der Waals surface area contributed by atoms with Crippen LogP contribution in [0.5, 0.6) is 5.75 Å². The fraction of sp³-hybridized carbons (Fsp3) is 0.286. The highest BCUT2D eigenvalue weighted by atomic mass is 35.5. The summed E-state index contributed by atoms with van der Waals surface area (Å²) in [5.74, 6) is 0.554. The topological polar surface area (TPSA) is 71.5 Å². The van der Waals surface area contributed by atoms with E-state index in [1.165, 1.54) is 11.3 Å². The van der Waals surface area contributed by atoms with Gasteiger partial charge in [-0.3, -0.25) is 9.59 Å². The van der Waals surface area contributed by atoms with E-state index in [0.29, 0.717) is 41.6 Å². The Kier molecular flexibility index (Phi) is 5.69. The minimum absolute atomic E-state index is 0.0272. The molecule has 1 aromatic heterocycles. The Hall–Kier alpha value is -2.64. The molecule has 1 fully saturated rings. The van der Waals surface area contributed by atoms with Gasteiger partial charge in [0.15, 0.2) is 5.13 Å². The summed E-state index contributed by atoms with van der Waals surface area (Å²) in [7, 11) is 1.62. The van der Waals surface area contributed by atoms with E-state index in [2.05, 4.69) is 10.3 Å². The molecule has 2 amide bonds. The molecule has 0 bridgehead atoms. The lowest BCUT2D eigenvalue weighted by Gasteiger charge is -2.31. The number of rotatable bonds is 4. The largest absolute Gasteiger partial charge is 0.497 e. The molecule has 29 heavy (non-hydrogen) atoms. The number of carbonyl (C=O) groups excluding carboxylic acids is 2. The molecule has 0 radical (unpaired) electrons. The van der Waals surface area contributed by atoms with Gasteiger partial charge in [-0.15, -0.1) is 0 Å². The molecule has 1 N–H and O–H groups in total. The number of aromatic nitrogens is 1. The quantitative estimate of drug-likeness (QED) is 0.665. The predicted octanol–water partition coefficient (Wildman–Crippen LogP) is 4.45. The molecule has 0 unspecified atom stereocenters.